The summed E-state index contributed by atoms with van der Waals surface area (Å²) in [6.07, 6.45) is 7.05. The first-order valence-corrected chi connectivity index (χ1v) is 2.51. The number of rotatable bonds is 3. The topological polar surface area (TPSA) is 43.1 Å². The van der Waals surface area contributed by atoms with Crippen LogP contribution in [0, 0.1) is 0 Å². The van der Waals surface area contributed by atoms with Crippen LogP contribution in [0.2, 0.25) is 0 Å². The molecule has 0 amide bonds. The molecule has 0 saturated heterocycles. The lowest BCUT2D eigenvalue weighted by Gasteiger charge is -1.79. The molecule has 0 bridgehead atoms. The number of hydrogen-bond acceptors (Lipinski definition) is 2. The third-order valence-electron chi connectivity index (χ3n) is 0.672. The van der Waals surface area contributed by atoms with Crippen molar-refractivity contribution in [3.05, 3.63) is 36.6 Å². The molecule has 0 rings (SSSR count). The maximum Gasteiger partial charge on any atom is 0.165 e. The molecule has 2 nitrogen and oxygen atoms in total. The van der Waals surface area contributed by atoms with Crippen molar-refractivity contribution in [3.63, 3.8) is 0 Å². The lowest BCUT2D eigenvalue weighted by molar-refractivity contribution is -0.104. The van der Waals surface area contributed by atoms with Gasteiger partial charge < -0.3 is 5.73 Å². The highest BCUT2D eigenvalue weighted by molar-refractivity contribution is 5.72. The summed E-state index contributed by atoms with van der Waals surface area (Å²) in [6.45, 7) is 3.44. The van der Waals surface area contributed by atoms with Crippen LogP contribution in [0.3, 0.4) is 0 Å². The highest BCUT2D eigenvalue weighted by atomic mass is 16.1. The minimum atomic E-state index is 0.216. The second-order valence-corrected chi connectivity index (χ2v) is 1.41. The predicted octanol–water partition coefficient (Wildman–Crippen LogP) is 0.770. The van der Waals surface area contributed by atoms with E-state index < -0.39 is 0 Å². The van der Waals surface area contributed by atoms with Crippen molar-refractivity contribution >= 4 is 6.29 Å². The van der Waals surface area contributed by atoms with E-state index in [1.165, 1.54) is 6.08 Å². The van der Waals surface area contributed by atoms with Gasteiger partial charge in [-0.3, -0.25) is 4.79 Å². The summed E-state index contributed by atoms with van der Waals surface area (Å²) in [6, 6.07) is 0. The van der Waals surface area contributed by atoms with Crippen molar-refractivity contribution in [1.29, 1.82) is 0 Å². The minimum Gasteiger partial charge on any atom is -0.396 e. The van der Waals surface area contributed by atoms with Gasteiger partial charge in [-0.15, -0.1) is 0 Å². The zero-order valence-electron chi connectivity index (χ0n) is 5.08. The predicted molar refractivity (Wildman–Crippen MR) is 37.7 cm³/mol. The Balaban J connectivity index is 3.81. The molecule has 0 aromatic carbocycles. The lowest BCUT2D eigenvalue weighted by Crippen LogP contribution is -1.95. The Morgan fingerprint density at radius 1 is 1.44 bits per heavy atom. The summed E-state index contributed by atoms with van der Waals surface area (Å²) in [7, 11) is 0. The van der Waals surface area contributed by atoms with Crippen LogP contribution in [0.1, 0.15) is 0 Å². The van der Waals surface area contributed by atoms with Gasteiger partial charge in [0.15, 0.2) is 6.29 Å². The second-order valence-electron chi connectivity index (χ2n) is 1.41. The van der Waals surface area contributed by atoms with Crippen molar-refractivity contribution in [2.45, 2.75) is 0 Å². The van der Waals surface area contributed by atoms with Crippen LogP contribution in [-0.2, 0) is 4.79 Å². The quantitative estimate of drug-likeness (QED) is 0.342. The van der Waals surface area contributed by atoms with E-state index in [4.69, 9.17) is 5.73 Å². The number of allylic oxidation sites excluding steroid dienone is 5. The Kier molecular flexibility index (Phi) is 4.14. The third kappa shape index (κ3) is 4.55. The molecule has 2 heteroatoms. The molecule has 0 radical (unpaired) electrons. The molecule has 0 heterocycles. The highest BCUT2D eigenvalue weighted by Crippen LogP contribution is 1.79. The minimum absolute atomic E-state index is 0.216. The largest absolute Gasteiger partial charge is 0.396 e. The van der Waals surface area contributed by atoms with Gasteiger partial charge in [-0.25, -0.2) is 0 Å². The SMILES string of the molecule is C=C/C=C\C=C(/N)C=O. The van der Waals surface area contributed by atoms with E-state index in [9.17, 15) is 4.79 Å². The molecule has 48 valence electrons. The van der Waals surface area contributed by atoms with E-state index in [2.05, 4.69) is 6.58 Å². The fourth-order valence-electron chi connectivity index (χ4n) is 0.285. The van der Waals surface area contributed by atoms with Gasteiger partial charge in [0, 0.05) is 0 Å². The van der Waals surface area contributed by atoms with Crippen molar-refractivity contribution in [1.82, 2.24) is 0 Å². The fraction of sp³-hybridized carbons (Fsp3) is 0. The van der Waals surface area contributed by atoms with E-state index in [1.54, 1.807) is 18.2 Å². The van der Waals surface area contributed by atoms with Crippen molar-refractivity contribution in [2.75, 3.05) is 0 Å². The Labute approximate surface area is 54.4 Å². The maximum atomic E-state index is 9.85. The molecule has 0 aromatic rings. The molecule has 9 heavy (non-hydrogen) atoms. The molecule has 0 saturated carbocycles. The molecule has 0 aliphatic rings. The van der Waals surface area contributed by atoms with Gasteiger partial charge in [-0.1, -0.05) is 24.8 Å². The van der Waals surface area contributed by atoms with Crippen LogP contribution in [0.5, 0.6) is 0 Å². The standard InChI is InChI=1S/C7H9NO/c1-2-3-4-5-7(8)6-9/h2-6H,1,8H2/b4-3-,7-5-. The van der Waals surface area contributed by atoms with Crippen LogP contribution in [0.4, 0.5) is 0 Å². The zero-order chi connectivity index (χ0) is 7.11. The fourth-order valence-corrected chi connectivity index (χ4v) is 0.285. The first-order chi connectivity index (χ1) is 4.31. The molecule has 0 aromatic heterocycles. The average molecular weight is 123 g/mol. The van der Waals surface area contributed by atoms with Crippen LogP contribution in [0.15, 0.2) is 36.6 Å². The Morgan fingerprint density at radius 3 is 2.56 bits per heavy atom. The Morgan fingerprint density at radius 2 is 2.11 bits per heavy atom. The molecule has 0 aliphatic carbocycles. The molecular formula is C7H9NO. The number of carbonyl (C=O) groups excluding carboxylic acids is 1. The third-order valence-corrected chi connectivity index (χ3v) is 0.672. The summed E-state index contributed by atoms with van der Waals surface area (Å²) in [5.41, 5.74) is 5.34. The summed E-state index contributed by atoms with van der Waals surface area (Å²) >= 11 is 0. The van der Waals surface area contributed by atoms with E-state index in [1.807, 2.05) is 0 Å². The van der Waals surface area contributed by atoms with Crippen molar-refractivity contribution < 1.29 is 4.79 Å². The zero-order valence-corrected chi connectivity index (χ0v) is 5.08. The molecule has 0 fully saturated rings. The molecule has 0 unspecified atom stereocenters. The molecule has 0 atom stereocenters. The van der Waals surface area contributed by atoms with Crippen molar-refractivity contribution in [3.8, 4) is 0 Å². The van der Waals surface area contributed by atoms with Gasteiger partial charge in [0.05, 0.1) is 5.70 Å². The van der Waals surface area contributed by atoms with Gasteiger partial charge in [-0.2, -0.15) is 0 Å². The molecule has 0 aliphatic heterocycles. The number of aldehydes is 1. The summed E-state index contributed by atoms with van der Waals surface area (Å²) in [5.74, 6) is 0. The second kappa shape index (κ2) is 4.84. The van der Waals surface area contributed by atoms with Gasteiger partial charge >= 0.3 is 0 Å². The summed E-state index contributed by atoms with van der Waals surface area (Å²) < 4.78 is 0. The van der Waals surface area contributed by atoms with E-state index >= 15 is 0 Å². The number of hydrogen-bond donors (Lipinski definition) is 1. The Hall–Kier alpha value is -1.31. The van der Waals surface area contributed by atoms with Crippen LogP contribution < -0.4 is 5.73 Å². The van der Waals surface area contributed by atoms with Crippen molar-refractivity contribution in [2.24, 2.45) is 5.73 Å². The van der Waals surface area contributed by atoms with Gasteiger partial charge in [0.1, 0.15) is 0 Å². The van der Waals surface area contributed by atoms with E-state index in [-0.39, 0.29) is 5.70 Å². The first-order valence-electron chi connectivity index (χ1n) is 2.51. The summed E-state index contributed by atoms with van der Waals surface area (Å²) in [4.78, 5) is 9.85. The van der Waals surface area contributed by atoms with Crippen LogP contribution >= 0.6 is 0 Å². The smallest absolute Gasteiger partial charge is 0.165 e. The van der Waals surface area contributed by atoms with Crippen LogP contribution in [0.25, 0.3) is 0 Å². The summed E-state index contributed by atoms with van der Waals surface area (Å²) in [5, 5.41) is 0. The van der Waals surface area contributed by atoms with Gasteiger partial charge in [-0.05, 0) is 6.08 Å². The van der Waals surface area contributed by atoms with E-state index in [0.717, 1.165) is 0 Å². The molecule has 2 N–H and O–H groups in total. The highest BCUT2D eigenvalue weighted by Gasteiger charge is 1.76. The molecule has 0 spiro atoms. The maximum absolute atomic E-state index is 9.85. The first kappa shape index (κ1) is 7.69. The number of carbonyl (C=O) groups is 1. The van der Waals surface area contributed by atoms with E-state index in [0.29, 0.717) is 6.29 Å². The average Bonchev–Trinajstić information content (AvgIpc) is 1.89. The van der Waals surface area contributed by atoms with Gasteiger partial charge in [0.2, 0.25) is 0 Å². The lowest BCUT2D eigenvalue weighted by atomic mass is 10.4. The molecular weight excluding hydrogens is 114 g/mol. The van der Waals surface area contributed by atoms with Gasteiger partial charge in [0.25, 0.3) is 0 Å². The number of nitrogens with two attached hydrogens (primary N) is 1. The normalized spacial score (nSPS) is 11.8. The van der Waals surface area contributed by atoms with Crippen LogP contribution in [-0.4, -0.2) is 6.29 Å². The Bertz CT molecular complexity index is 156. The monoisotopic (exact) mass is 123 g/mol.